The summed E-state index contributed by atoms with van der Waals surface area (Å²) in [6.45, 7) is 22.3. The summed E-state index contributed by atoms with van der Waals surface area (Å²) in [6.07, 6.45) is 8.14. The summed E-state index contributed by atoms with van der Waals surface area (Å²) >= 11 is 0. The summed E-state index contributed by atoms with van der Waals surface area (Å²) < 4.78 is 0. The molecule has 0 saturated carbocycles. The second-order valence-corrected chi connectivity index (χ2v) is 21.6. The van der Waals surface area contributed by atoms with Crippen LogP contribution >= 0.6 is 0 Å². The monoisotopic (exact) mass is 931 g/mol. The Morgan fingerprint density at radius 1 is 0.310 bits per heavy atom. The first-order valence-electron chi connectivity index (χ1n) is 26.6. The quantitative estimate of drug-likeness (QED) is 0.0674. The van der Waals surface area contributed by atoms with Gasteiger partial charge in [-0.05, 0) is 174 Å². The van der Waals surface area contributed by atoms with Crippen molar-refractivity contribution in [2.45, 2.75) is 135 Å². The Labute approximate surface area is 429 Å². The molecule has 0 radical (unpaired) electrons. The van der Waals surface area contributed by atoms with Crippen molar-refractivity contribution in [2.24, 2.45) is 0 Å². The number of rotatable bonds is 21. The Morgan fingerprint density at radius 3 is 1.06 bits per heavy atom. The molecule has 0 heteroatoms. The van der Waals surface area contributed by atoms with Crippen LogP contribution in [-0.4, -0.2) is 0 Å². The molecule has 8 aromatic carbocycles. The van der Waals surface area contributed by atoms with Crippen molar-refractivity contribution in [3.8, 4) is 0 Å². The molecule has 0 aliphatic carbocycles. The zero-order valence-corrected chi connectivity index (χ0v) is 44.0. The molecule has 0 heterocycles. The SMILES string of the molecule is C=Cc1ccc(CC(CC(CC(C)c2ccc(C)cc2)c2ccc(CC(C)c3ccc(C)cc3)cc2)c2ccc(CC(c3ccc(CC(C)c4ccc(C)cc4)cc3)C(C)c3ccc(C)cc3)cc2)cc1. The zero-order chi connectivity index (χ0) is 49.9. The van der Waals surface area contributed by atoms with Gasteiger partial charge in [0.15, 0.2) is 0 Å². The normalized spacial score (nSPS) is 14.5. The van der Waals surface area contributed by atoms with Crippen molar-refractivity contribution in [3.05, 3.63) is 290 Å². The van der Waals surface area contributed by atoms with Crippen molar-refractivity contribution in [1.29, 1.82) is 0 Å². The molecule has 0 aliphatic heterocycles. The lowest BCUT2D eigenvalue weighted by Crippen LogP contribution is -2.13. The average molecular weight is 931 g/mol. The maximum absolute atomic E-state index is 4.05. The fourth-order valence-electron chi connectivity index (χ4n) is 11.0. The molecule has 362 valence electrons. The maximum atomic E-state index is 4.05. The molecule has 71 heavy (non-hydrogen) atoms. The lowest BCUT2D eigenvalue weighted by Gasteiger charge is -2.28. The largest absolute Gasteiger partial charge is 0.0985 e. The highest BCUT2D eigenvalue weighted by atomic mass is 14.3. The van der Waals surface area contributed by atoms with Gasteiger partial charge in [-0.25, -0.2) is 0 Å². The first-order chi connectivity index (χ1) is 34.4. The molecule has 8 rings (SSSR count). The predicted molar refractivity (Wildman–Crippen MR) is 307 cm³/mol. The van der Waals surface area contributed by atoms with E-state index in [0.717, 1.165) is 44.1 Å². The summed E-state index contributed by atoms with van der Waals surface area (Å²) in [5.74, 6) is 2.77. The maximum Gasteiger partial charge on any atom is -0.00553 e. The fourth-order valence-corrected chi connectivity index (χ4v) is 11.0. The second kappa shape index (κ2) is 24.1. The molecule has 0 fully saturated rings. The molecule has 0 nitrogen and oxygen atoms in total. The van der Waals surface area contributed by atoms with Gasteiger partial charge in [-0.3, -0.25) is 0 Å². The van der Waals surface area contributed by atoms with Gasteiger partial charge in [-0.15, -0.1) is 0 Å². The molecule has 0 saturated heterocycles. The highest BCUT2D eigenvalue weighted by molar-refractivity contribution is 5.47. The molecular weight excluding hydrogens is 853 g/mol. The van der Waals surface area contributed by atoms with Gasteiger partial charge in [-0.1, -0.05) is 257 Å². The molecule has 0 aliphatic rings. The summed E-state index contributed by atoms with van der Waals surface area (Å²) in [5.41, 5.74) is 21.9. The first-order valence-corrected chi connectivity index (χ1v) is 26.6. The Hall–Kier alpha value is -6.50. The van der Waals surface area contributed by atoms with Gasteiger partial charge < -0.3 is 0 Å². The van der Waals surface area contributed by atoms with E-state index < -0.39 is 0 Å². The lowest BCUT2D eigenvalue weighted by molar-refractivity contribution is 0.472. The van der Waals surface area contributed by atoms with E-state index in [2.05, 4.69) is 256 Å². The van der Waals surface area contributed by atoms with Crippen LogP contribution in [0.1, 0.15) is 171 Å². The van der Waals surface area contributed by atoms with Crippen LogP contribution in [0.25, 0.3) is 6.08 Å². The lowest BCUT2D eigenvalue weighted by atomic mass is 9.76. The van der Waals surface area contributed by atoms with E-state index >= 15 is 0 Å². The summed E-state index contributed by atoms with van der Waals surface area (Å²) in [4.78, 5) is 0. The average Bonchev–Trinajstić information content (AvgIpc) is 3.39. The Bertz CT molecular complexity index is 2860. The van der Waals surface area contributed by atoms with Crippen LogP contribution in [-0.2, 0) is 25.7 Å². The van der Waals surface area contributed by atoms with Crippen molar-refractivity contribution in [2.75, 3.05) is 0 Å². The third-order valence-corrected chi connectivity index (χ3v) is 15.9. The van der Waals surface area contributed by atoms with E-state index in [0.29, 0.717) is 41.4 Å². The number of hydrogen-bond donors (Lipinski definition) is 0. The van der Waals surface area contributed by atoms with Gasteiger partial charge in [0.1, 0.15) is 0 Å². The Balaban J connectivity index is 1.08. The highest BCUT2D eigenvalue weighted by Gasteiger charge is 2.26. The molecule has 0 aromatic heterocycles. The molecule has 0 spiro atoms. The highest BCUT2D eigenvalue weighted by Crippen LogP contribution is 2.41. The fraction of sp³-hybridized carbons (Fsp3) is 0.296. The van der Waals surface area contributed by atoms with Crippen LogP contribution in [0, 0.1) is 27.7 Å². The molecule has 0 N–H and O–H groups in total. The first kappa shape index (κ1) is 50.9. The van der Waals surface area contributed by atoms with Crippen LogP contribution < -0.4 is 0 Å². The Morgan fingerprint density at radius 2 is 0.634 bits per heavy atom. The molecule has 8 aromatic rings. The van der Waals surface area contributed by atoms with E-state index in [1.54, 1.807) is 0 Å². The van der Waals surface area contributed by atoms with Gasteiger partial charge >= 0.3 is 0 Å². The second-order valence-electron chi connectivity index (χ2n) is 21.6. The smallest absolute Gasteiger partial charge is 0.00553 e. The van der Waals surface area contributed by atoms with Crippen LogP contribution in [0.5, 0.6) is 0 Å². The van der Waals surface area contributed by atoms with E-state index in [9.17, 15) is 0 Å². The van der Waals surface area contributed by atoms with Gasteiger partial charge in [-0.2, -0.15) is 0 Å². The van der Waals surface area contributed by atoms with Crippen LogP contribution in [0.15, 0.2) is 201 Å². The van der Waals surface area contributed by atoms with Crippen molar-refractivity contribution in [3.63, 3.8) is 0 Å². The minimum atomic E-state index is 0.335. The summed E-state index contributed by atoms with van der Waals surface area (Å²) in [5, 5.41) is 0. The standard InChI is InChI=1S/C71H78/c1-10-57-19-21-60(22-20-57)46-70(48-69(45-55(8)64-33-15-51(4)16-34-64)66-37-23-58(24-38-66)43-53(6)62-29-11-49(2)12-30-62)67-39-25-61(26-40-67)47-71(56(9)65-35-17-52(5)18-36-65)68-41-27-59(28-42-68)44-54(7)63-31-13-50(3)14-32-63/h10-42,53-56,69-71H,1,43-48H2,2-9H3. The molecule has 0 bridgehead atoms. The molecule has 7 atom stereocenters. The van der Waals surface area contributed by atoms with Crippen LogP contribution in [0.2, 0.25) is 0 Å². The van der Waals surface area contributed by atoms with Gasteiger partial charge in [0.05, 0.1) is 0 Å². The van der Waals surface area contributed by atoms with Crippen molar-refractivity contribution < 1.29 is 0 Å². The van der Waals surface area contributed by atoms with Gasteiger partial charge in [0.25, 0.3) is 0 Å². The third-order valence-electron chi connectivity index (χ3n) is 15.9. The minimum absolute atomic E-state index is 0.335. The molecule has 7 unspecified atom stereocenters. The van der Waals surface area contributed by atoms with E-state index in [4.69, 9.17) is 0 Å². The van der Waals surface area contributed by atoms with Gasteiger partial charge in [0.2, 0.25) is 0 Å². The minimum Gasteiger partial charge on any atom is -0.0985 e. The molecular formula is C71H78. The van der Waals surface area contributed by atoms with Crippen molar-refractivity contribution >= 4 is 6.08 Å². The van der Waals surface area contributed by atoms with Crippen molar-refractivity contribution in [1.82, 2.24) is 0 Å². The Kier molecular flexibility index (Phi) is 17.3. The number of aryl methyl sites for hydroxylation is 4. The van der Waals surface area contributed by atoms with E-state index in [-0.39, 0.29) is 0 Å². The number of hydrogen-bond acceptors (Lipinski definition) is 0. The summed E-state index contributed by atoms with van der Waals surface area (Å²) in [6, 6.07) is 74.9. The molecule has 0 amide bonds. The zero-order valence-electron chi connectivity index (χ0n) is 44.0. The van der Waals surface area contributed by atoms with Crippen LogP contribution in [0.3, 0.4) is 0 Å². The topological polar surface area (TPSA) is 0 Å². The van der Waals surface area contributed by atoms with E-state index in [1.165, 1.54) is 83.5 Å². The number of benzene rings is 8. The van der Waals surface area contributed by atoms with E-state index in [1.807, 2.05) is 6.08 Å². The van der Waals surface area contributed by atoms with Gasteiger partial charge in [0, 0.05) is 0 Å². The third kappa shape index (κ3) is 13.9. The predicted octanol–water partition coefficient (Wildman–Crippen LogP) is 19.1. The summed E-state index contributed by atoms with van der Waals surface area (Å²) in [7, 11) is 0. The van der Waals surface area contributed by atoms with Crippen LogP contribution in [0.4, 0.5) is 0 Å².